The number of likely N-dealkylation sites (tertiary alicyclic amines) is 1. The summed E-state index contributed by atoms with van der Waals surface area (Å²) in [7, 11) is 0. The zero-order chi connectivity index (χ0) is 29.2. The Bertz CT molecular complexity index is 987. The van der Waals surface area contributed by atoms with Crippen LogP contribution < -0.4 is 10.6 Å². The van der Waals surface area contributed by atoms with Gasteiger partial charge in [-0.2, -0.15) is 0 Å². The van der Waals surface area contributed by atoms with E-state index in [9.17, 15) is 9.59 Å². The number of nitrogens with one attached hydrogen (secondary N) is 2. The molecule has 0 radical (unpaired) electrons. The number of nitrogens with zero attached hydrogens (tertiary/aromatic N) is 2. The molecule has 2 atom stereocenters. The van der Waals surface area contributed by atoms with Crippen molar-refractivity contribution in [3.8, 4) is 0 Å². The van der Waals surface area contributed by atoms with Crippen molar-refractivity contribution in [1.29, 1.82) is 0 Å². The summed E-state index contributed by atoms with van der Waals surface area (Å²) in [5.41, 5.74) is 0.702. The van der Waals surface area contributed by atoms with E-state index in [1.807, 2.05) is 20.8 Å². The van der Waals surface area contributed by atoms with Crippen molar-refractivity contribution in [3.63, 3.8) is 0 Å². The topological polar surface area (TPSA) is 83.1 Å². The lowest BCUT2D eigenvalue weighted by atomic mass is 9.85. The molecule has 8 nitrogen and oxygen atoms in total. The summed E-state index contributed by atoms with van der Waals surface area (Å²) in [6, 6.07) is 9.89. The fourth-order valence-corrected chi connectivity index (χ4v) is 6.50. The lowest BCUT2D eigenvalue weighted by Crippen LogP contribution is -2.60. The maximum absolute atomic E-state index is 13.6. The third-order valence-corrected chi connectivity index (χ3v) is 8.87. The number of morpholine rings is 1. The molecule has 1 aromatic carbocycles. The number of thiocarbonyl (C=S) groups is 1. The maximum Gasteiger partial charge on any atom is 0.411 e. The molecule has 1 aromatic rings. The average Bonchev–Trinajstić information content (AvgIpc) is 2.96. The summed E-state index contributed by atoms with van der Waals surface area (Å²) >= 11 is 5.95. The van der Waals surface area contributed by atoms with E-state index in [1.54, 1.807) is 0 Å². The largest absolute Gasteiger partial charge is 0.444 e. The second-order valence-electron chi connectivity index (χ2n) is 13.0. The number of hydrogen-bond donors (Lipinski definition) is 2. The molecule has 0 spiro atoms. The Balaban J connectivity index is 1.35. The van der Waals surface area contributed by atoms with Crippen LogP contribution in [0.4, 0.5) is 4.79 Å². The summed E-state index contributed by atoms with van der Waals surface area (Å²) < 4.78 is 11.2. The average molecular weight is 587 g/mol. The zero-order valence-electron chi connectivity index (χ0n) is 25.2. The predicted molar refractivity (Wildman–Crippen MR) is 166 cm³/mol. The molecule has 2 N–H and O–H groups in total. The number of carbonyl (C=O) groups excluding carboxylic acids is 2. The van der Waals surface area contributed by atoms with Gasteiger partial charge in [-0.15, -0.1) is 0 Å². The Labute approximate surface area is 251 Å². The molecule has 0 bridgehead atoms. The first-order chi connectivity index (χ1) is 19.7. The van der Waals surface area contributed by atoms with Crippen LogP contribution in [0, 0.1) is 5.92 Å². The zero-order valence-corrected chi connectivity index (χ0v) is 26.1. The van der Waals surface area contributed by atoms with Gasteiger partial charge in [0, 0.05) is 32.2 Å². The molecule has 2 heterocycles. The van der Waals surface area contributed by atoms with Gasteiger partial charge in [-0.25, -0.2) is 4.79 Å². The molecule has 1 aliphatic carbocycles. The van der Waals surface area contributed by atoms with Crippen molar-refractivity contribution in [2.75, 3.05) is 32.8 Å². The van der Waals surface area contributed by atoms with Gasteiger partial charge in [-0.05, 0) is 57.9 Å². The number of hydrogen-bond acceptors (Lipinski definition) is 6. The fraction of sp³-hybridized carbons (Fsp3) is 0.719. The van der Waals surface area contributed by atoms with E-state index in [-0.39, 0.29) is 18.6 Å². The Hall–Kier alpha value is -2.23. The van der Waals surface area contributed by atoms with Crippen molar-refractivity contribution < 1.29 is 19.1 Å². The molecular weight excluding hydrogens is 536 g/mol. The monoisotopic (exact) mass is 586 g/mol. The van der Waals surface area contributed by atoms with Crippen LogP contribution in [0.25, 0.3) is 0 Å². The number of benzene rings is 1. The highest BCUT2D eigenvalue weighted by molar-refractivity contribution is 7.80. The Morgan fingerprint density at radius 3 is 2.44 bits per heavy atom. The van der Waals surface area contributed by atoms with Crippen LogP contribution in [-0.4, -0.2) is 83.4 Å². The van der Waals surface area contributed by atoms with Gasteiger partial charge in [0.1, 0.15) is 11.6 Å². The highest BCUT2D eigenvalue weighted by Gasteiger charge is 2.37. The van der Waals surface area contributed by atoms with Gasteiger partial charge >= 0.3 is 6.09 Å². The van der Waals surface area contributed by atoms with Crippen molar-refractivity contribution in [2.24, 2.45) is 5.92 Å². The fourth-order valence-electron chi connectivity index (χ4n) is 6.15. The van der Waals surface area contributed by atoms with Crippen molar-refractivity contribution in [2.45, 2.75) is 109 Å². The van der Waals surface area contributed by atoms with E-state index in [0.29, 0.717) is 30.1 Å². The normalized spacial score (nSPS) is 22.1. The van der Waals surface area contributed by atoms with E-state index in [0.717, 1.165) is 45.3 Å². The molecule has 4 rings (SSSR count). The maximum atomic E-state index is 13.6. The minimum atomic E-state index is -0.736. The van der Waals surface area contributed by atoms with Crippen molar-refractivity contribution in [1.82, 2.24) is 20.4 Å². The summed E-state index contributed by atoms with van der Waals surface area (Å²) in [5.74, 6) is 0.453. The van der Waals surface area contributed by atoms with Crippen LogP contribution >= 0.6 is 12.2 Å². The van der Waals surface area contributed by atoms with Gasteiger partial charge < -0.3 is 20.1 Å². The second kappa shape index (κ2) is 15.3. The highest BCUT2D eigenvalue weighted by atomic mass is 32.1. The molecule has 3 fully saturated rings. The number of carbonyl (C=O) groups is 2. The lowest BCUT2D eigenvalue weighted by Gasteiger charge is -2.37. The molecule has 2 amide bonds. The molecule has 228 valence electrons. The van der Waals surface area contributed by atoms with Crippen molar-refractivity contribution in [3.05, 3.63) is 35.9 Å². The van der Waals surface area contributed by atoms with E-state index in [4.69, 9.17) is 21.7 Å². The molecule has 2 aliphatic heterocycles. The minimum Gasteiger partial charge on any atom is -0.444 e. The van der Waals surface area contributed by atoms with Gasteiger partial charge in [-0.3, -0.25) is 14.6 Å². The van der Waals surface area contributed by atoms with Crippen LogP contribution in [0.5, 0.6) is 0 Å². The highest BCUT2D eigenvalue weighted by Crippen LogP contribution is 2.28. The van der Waals surface area contributed by atoms with E-state index < -0.39 is 17.7 Å². The van der Waals surface area contributed by atoms with Crippen LogP contribution in [-0.2, 0) is 20.8 Å². The summed E-state index contributed by atoms with van der Waals surface area (Å²) in [6.45, 7) is 9.35. The minimum absolute atomic E-state index is 0.153. The molecule has 3 aliphatic rings. The Morgan fingerprint density at radius 1 is 1.05 bits per heavy atom. The number of ether oxygens (including phenoxy) is 2. The van der Waals surface area contributed by atoms with Gasteiger partial charge in [0.25, 0.3) is 0 Å². The molecule has 41 heavy (non-hydrogen) atoms. The van der Waals surface area contributed by atoms with E-state index in [2.05, 4.69) is 45.9 Å². The first-order valence-electron chi connectivity index (χ1n) is 15.6. The third-order valence-electron chi connectivity index (χ3n) is 8.46. The summed E-state index contributed by atoms with van der Waals surface area (Å²) in [6.07, 6.45) is 9.79. The first-order valence-corrected chi connectivity index (χ1v) is 16.0. The van der Waals surface area contributed by atoms with Gasteiger partial charge in [-0.1, -0.05) is 74.7 Å². The molecule has 1 saturated carbocycles. The lowest BCUT2D eigenvalue weighted by molar-refractivity contribution is -0.132. The molecule has 2 saturated heterocycles. The molecule has 0 unspecified atom stereocenters. The second-order valence-corrected chi connectivity index (χ2v) is 13.4. The first kappa shape index (κ1) is 31.7. The van der Waals surface area contributed by atoms with Gasteiger partial charge in [0.15, 0.2) is 0 Å². The standard InChI is InChI=1S/C32H50N4O4S/c1-32(2,3)40-31(38)36-20-21-39-23-28(36)29(37)34-27(15-14-24-10-6-4-7-11-24)30(41)33-26-16-18-35(19-17-26)22-25-12-8-5-9-13-25/h5,8-9,12-13,24,26-28H,4,6-7,10-11,14-23H2,1-3H3,(H,33,41)(H,34,37)/t27-,28+/m1/s1. The predicted octanol–water partition coefficient (Wildman–Crippen LogP) is 5.05. The van der Waals surface area contributed by atoms with Gasteiger partial charge in [0.05, 0.1) is 24.2 Å². The molecule has 9 heteroatoms. The number of amides is 2. The number of rotatable bonds is 9. The third kappa shape index (κ3) is 10.2. The van der Waals surface area contributed by atoms with Crippen LogP contribution in [0.3, 0.4) is 0 Å². The Morgan fingerprint density at radius 2 is 1.76 bits per heavy atom. The SMILES string of the molecule is CC(C)(C)OC(=O)N1CCOC[C@H]1C(=O)N[C@H](CCC1CCCCC1)C(=S)NC1CCN(Cc2ccccc2)CC1. The van der Waals surface area contributed by atoms with Crippen LogP contribution in [0.1, 0.15) is 84.1 Å². The quantitative estimate of drug-likeness (QED) is 0.392. The summed E-state index contributed by atoms with van der Waals surface area (Å²) in [4.78, 5) is 31.2. The number of piperidine rings is 1. The molecular formula is C32H50N4O4S. The van der Waals surface area contributed by atoms with E-state index >= 15 is 0 Å². The van der Waals surface area contributed by atoms with Gasteiger partial charge in [0.2, 0.25) is 5.91 Å². The van der Waals surface area contributed by atoms with Crippen LogP contribution in [0.15, 0.2) is 30.3 Å². The van der Waals surface area contributed by atoms with Crippen molar-refractivity contribution >= 4 is 29.2 Å². The smallest absolute Gasteiger partial charge is 0.411 e. The summed E-state index contributed by atoms with van der Waals surface area (Å²) in [5, 5.41) is 6.84. The van der Waals surface area contributed by atoms with Crippen LogP contribution in [0.2, 0.25) is 0 Å². The van der Waals surface area contributed by atoms with E-state index in [1.165, 1.54) is 42.6 Å². The Kier molecular flexibility index (Phi) is 11.8. The molecule has 0 aromatic heterocycles.